The van der Waals surface area contributed by atoms with Crippen molar-refractivity contribution in [3.63, 3.8) is 0 Å². The second-order valence-electron chi connectivity index (χ2n) is 9.03. The Morgan fingerprint density at radius 1 is 0.976 bits per heavy atom. The van der Waals surface area contributed by atoms with Gasteiger partial charge >= 0.3 is 0 Å². The van der Waals surface area contributed by atoms with E-state index in [1.165, 1.54) is 6.20 Å². The number of aromatic nitrogens is 3. The van der Waals surface area contributed by atoms with Crippen LogP contribution in [0.2, 0.25) is 5.02 Å². The summed E-state index contributed by atoms with van der Waals surface area (Å²) in [5, 5.41) is 18.9. The highest BCUT2D eigenvalue weighted by Crippen LogP contribution is 2.37. The van der Waals surface area contributed by atoms with Crippen LogP contribution in [0.25, 0.3) is 10.9 Å². The van der Waals surface area contributed by atoms with Crippen LogP contribution in [0, 0.1) is 23.1 Å². The maximum Gasteiger partial charge on any atom is 0.249 e. The highest BCUT2D eigenvalue weighted by molar-refractivity contribution is 6.36. The lowest BCUT2D eigenvalue weighted by Crippen LogP contribution is -2.37. The minimum absolute atomic E-state index is 0.156. The normalized spacial score (nSPS) is 13.3. The Labute approximate surface area is 238 Å². The zero-order valence-corrected chi connectivity index (χ0v) is 21.9. The number of benzene rings is 2. The van der Waals surface area contributed by atoms with Crippen LogP contribution in [0.1, 0.15) is 17.2 Å². The Morgan fingerprint density at radius 3 is 2.59 bits per heavy atom. The van der Waals surface area contributed by atoms with Gasteiger partial charge in [0.25, 0.3) is 0 Å². The lowest BCUT2D eigenvalue weighted by atomic mass is 10.0. The molecule has 0 spiro atoms. The summed E-state index contributed by atoms with van der Waals surface area (Å²) >= 11 is 6.67. The third-order valence-corrected chi connectivity index (χ3v) is 6.66. The molecule has 2 aromatic carbocycles. The Morgan fingerprint density at radius 2 is 1.83 bits per heavy atom. The number of fused-ring (bicyclic) bond motifs is 1. The predicted octanol–water partition coefficient (Wildman–Crippen LogP) is 6.10. The third-order valence-electron chi connectivity index (χ3n) is 6.37. The Hall–Kier alpha value is -5.31. The Balaban J connectivity index is 1.41. The van der Waals surface area contributed by atoms with Gasteiger partial charge in [0.05, 0.1) is 51.1 Å². The molecule has 0 saturated heterocycles. The van der Waals surface area contributed by atoms with Crippen LogP contribution in [0.15, 0.2) is 97.3 Å². The fraction of sp³-hybridized carbons (Fsp3) is 0.0345. The zero-order valence-electron chi connectivity index (χ0n) is 21.1. The van der Waals surface area contributed by atoms with Crippen LogP contribution in [0.4, 0.5) is 31.5 Å². The number of hydrogen-bond donors (Lipinski definition) is 4. The second kappa shape index (κ2) is 11.1. The van der Waals surface area contributed by atoms with Crippen molar-refractivity contribution in [3.05, 3.63) is 125 Å². The summed E-state index contributed by atoms with van der Waals surface area (Å²) in [6, 6.07) is 19.7. The number of nitriles is 1. The topological polar surface area (TPSA) is 114 Å². The average Bonchev–Trinajstić information content (AvgIpc) is 3.49. The number of pyridine rings is 3. The van der Waals surface area contributed by atoms with Gasteiger partial charge < -0.3 is 16.1 Å². The second-order valence-corrected chi connectivity index (χ2v) is 9.43. The highest BCUT2D eigenvalue weighted by atomic mass is 35.5. The van der Waals surface area contributed by atoms with Crippen molar-refractivity contribution in [1.29, 1.82) is 5.26 Å². The van der Waals surface area contributed by atoms with Crippen LogP contribution in [0.5, 0.6) is 0 Å². The van der Waals surface area contributed by atoms with Crippen LogP contribution in [-0.4, -0.2) is 15.0 Å². The number of hydrazine groups is 2. The van der Waals surface area contributed by atoms with E-state index in [0.29, 0.717) is 27.3 Å². The molecule has 0 fully saturated rings. The molecule has 6 rings (SSSR count). The van der Waals surface area contributed by atoms with E-state index in [-0.39, 0.29) is 11.3 Å². The molecule has 1 atom stereocenters. The molecule has 1 aliphatic rings. The lowest BCUT2D eigenvalue weighted by molar-refractivity contribution is 0.480. The predicted molar refractivity (Wildman–Crippen MR) is 153 cm³/mol. The number of anilines is 4. The molecule has 9 nitrogen and oxygen atoms in total. The van der Waals surface area contributed by atoms with Gasteiger partial charge in [-0.1, -0.05) is 35.9 Å². The minimum Gasteiger partial charge on any atom is -0.373 e. The number of hydrogen-bond acceptors (Lipinski definition) is 9. The van der Waals surface area contributed by atoms with Crippen LogP contribution < -0.4 is 26.6 Å². The fourth-order valence-electron chi connectivity index (χ4n) is 4.45. The molecule has 0 radical (unpaired) electrons. The smallest absolute Gasteiger partial charge is 0.249 e. The molecule has 4 N–H and O–H groups in total. The molecule has 0 aliphatic carbocycles. The van der Waals surface area contributed by atoms with Gasteiger partial charge in [-0.05, 0) is 35.9 Å². The van der Waals surface area contributed by atoms with Gasteiger partial charge in [-0.15, -0.1) is 5.53 Å². The first-order valence-electron chi connectivity index (χ1n) is 12.3. The molecule has 1 aliphatic heterocycles. The van der Waals surface area contributed by atoms with Gasteiger partial charge in [-0.25, -0.2) is 9.37 Å². The Kier molecular flexibility index (Phi) is 6.99. The van der Waals surface area contributed by atoms with Crippen LogP contribution >= 0.6 is 11.6 Å². The summed E-state index contributed by atoms with van der Waals surface area (Å²) in [5.74, 6) is -2.34. The van der Waals surface area contributed by atoms with Crippen molar-refractivity contribution in [2.45, 2.75) is 6.04 Å². The zero-order chi connectivity index (χ0) is 28.3. The molecule has 202 valence electrons. The van der Waals surface area contributed by atoms with E-state index in [1.54, 1.807) is 24.5 Å². The maximum atomic E-state index is 13.9. The van der Waals surface area contributed by atoms with Crippen LogP contribution in [-0.2, 0) is 0 Å². The quantitative estimate of drug-likeness (QED) is 0.173. The summed E-state index contributed by atoms with van der Waals surface area (Å²) in [6.45, 7) is 0. The molecule has 12 heteroatoms. The number of nitrogens with one attached hydrogen (secondary N) is 4. The van der Waals surface area contributed by atoms with Crippen molar-refractivity contribution >= 4 is 45.3 Å². The van der Waals surface area contributed by atoms with E-state index in [9.17, 15) is 14.0 Å². The van der Waals surface area contributed by atoms with Gasteiger partial charge in [0.1, 0.15) is 6.07 Å². The first-order chi connectivity index (χ1) is 20.0. The monoisotopic (exact) mass is 567 g/mol. The van der Waals surface area contributed by atoms with E-state index in [1.807, 2.05) is 53.7 Å². The number of halogens is 3. The molecule has 5 aromatic rings. The summed E-state index contributed by atoms with van der Waals surface area (Å²) in [6.07, 6.45) is 7.89. The fourth-order valence-corrected chi connectivity index (χ4v) is 4.72. The van der Waals surface area contributed by atoms with Crippen LogP contribution in [0.3, 0.4) is 0 Å². The first-order valence-corrected chi connectivity index (χ1v) is 12.7. The highest BCUT2D eigenvalue weighted by Gasteiger charge is 2.24. The van der Waals surface area contributed by atoms with E-state index >= 15 is 0 Å². The number of rotatable bonds is 7. The number of para-hydroxylation sites is 1. The number of nitrogens with zero attached hydrogens (tertiary/aromatic N) is 5. The first kappa shape index (κ1) is 25.9. The molecule has 3 aromatic heterocycles. The third kappa shape index (κ3) is 5.29. The van der Waals surface area contributed by atoms with E-state index in [2.05, 4.69) is 42.6 Å². The van der Waals surface area contributed by atoms with Crippen molar-refractivity contribution in [2.24, 2.45) is 0 Å². The Bertz CT molecular complexity index is 1810. The van der Waals surface area contributed by atoms with Gasteiger partial charge in [-0.2, -0.15) is 9.65 Å². The van der Waals surface area contributed by atoms with Gasteiger partial charge in [0.2, 0.25) is 5.95 Å². The van der Waals surface area contributed by atoms with E-state index in [4.69, 9.17) is 11.6 Å². The van der Waals surface area contributed by atoms with Gasteiger partial charge in [-0.3, -0.25) is 15.0 Å². The molecular formula is C29H20ClF2N9. The van der Waals surface area contributed by atoms with E-state index < -0.39 is 17.8 Å². The van der Waals surface area contributed by atoms with Crippen molar-refractivity contribution < 1.29 is 8.78 Å². The van der Waals surface area contributed by atoms with Crippen molar-refractivity contribution in [2.75, 3.05) is 15.6 Å². The summed E-state index contributed by atoms with van der Waals surface area (Å²) in [4.78, 5) is 12.1. The summed E-state index contributed by atoms with van der Waals surface area (Å²) in [7, 11) is 0. The molecular weight excluding hydrogens is 548 g/mol. The molecule has 41 heavy (non-hydrogen) atoms. The SMILES string of the molecule is N#Cc1cnc2c(Cl)cc(N[C@@H](C3=CN(c4ccccc4)NN3)c3cccnc3)cc2c1Nc1cnc(F)c(F)c1. The average molecular weight is 568 g/mol. The molecule has 0 saturated carbocycles. The molecule has 0 bridgehead atoms. The van der Waals surface area contributed by atoms with Gasteiger partial charge in [0.15, 0.2) is 5.82 Å². The van der Waals surface area contributed by atoms with Crippen molar-refractivity contribution in [3.8, 4) is 6.07 Å². The van der Waals surface area contributed by atoms with E-state index in [0.717, 1.165) is 29.2 Å². The summed E-state index contributed by atoms with van der Waals surface area (Å²) < 4.78 is 27.3. The standard InChI is InChI=1S/C29H20ClF2N9/c30-23-10-19(9-22-26(18(12-33)14-35-28(22)23)38-20-11-24(31)29(32)36-15-20)37-27(17-5-4-8-34-13-17)25-16-41(40-39-25)21-6-2-1-3-7-21/h1-11,13-16,27,37,39-40H,(H,35,38)/t27-/m1/s1. The molecule has 4 heterocycles. The molecule has 0 amide bonds. The lowest BCUT2D eigenvalue weighted by Gasteiger charge is -2.22. The van der Waals surface area contributed by atoms with Gasteiger partial charge in [0, 0.05) is 41.9 Å². The van der Waals surface area contributed by atoms with Crippen molar-refractivity contribution in [1.82, 2.24) is 25.9 Å². The minimum atomic E-state index is -1.22. The molecule has 0 unspecified atom stereocenters. The summed E-state index contributed by atoms with van der Waals surface area (Å²) in [5.41, 5.74) is 10.7. The largest absolute Gasteiger partial charge is 0.373 e. The maximum absolute atomic E-state index is 13.9.